The third-order valence-corrected chi connectivity index (χ3v) is 2.59. The Bertz CT molecular complexity index is 449. The molecule has 0 spiro atoms. The average molecular weight is 269 g/mol. The molecular formula is C13H17F2N3O. The number of allylic oxidation sites excluding steroid dienone is 1. The predicted molar refractivity (Wildman–Crippen MR) is 67.9 cm³/mol. The van der Waals surface area contributed by atoms with Gasteiger partial charge in [0.15, 0.2) is 0 Å². The molecule has 0 aliphatic carbocycles. The Labute approximate surface area is 111 Å². The van der Waals surface area contributed by atoms with Crippen LogP contribution in [0, 0.1) is 5.92 Å². The van der Waals surface area contributed by atoms with Gasteiger partial charge in [0, 0.05) is 12.7 Å². The molecule has 1 rings (SSSR count). The van der Waals surface area contributed by atoms with Crippen molar-refractivity contribution in [1.82, 2.24) is 15.3 Å². The lowest BCUT2D eigenvalue weighted by molar-refractivity contribution is 0.0945. The molecule has 0 saturated heterocycles. The minimum Gasteiger partial charge on any atom is -0.346 e. The minimum absolute atomic E-state index is 0.241. The van der Waals surface area contributed by atoms with Crippen molar-refractivity contribution in [2.45, 2.75) is 26.7 Å². The summed E-state index contributed by atoms with van der Waals surface area (Å²) in [6.45, 7) is 4.45. The van der Waals surface area contributed by atoms with Gasteiger partial charge >= 0.3 is 0 Å². The summed E-state index contributed by atoms with van der Waals surface area (Å²) in [4.78, 5) is 18.8. The fraction of sp³-hybridized carbons (Fsp3) is 0.462. The summed E-state index contributed by atoms with van der Waals surface area (Å²) in [5.74, 6) is -0.360. The molecule has 1 unspecified atom stereocenters. The zero-order valence-electron chi connectivity index (χ0n) is 10.9. The topological polar surface area (TPSA) is 54.9 Å². The Kier molecular flexibility index (Phi) is 6.05. The van der Waals surface area contributed by atoms with E-state index in [1.54, 1.807) is 0 Å². The number of halogens is 2. The van der Waals surface area contributed by atoms with Gasteiger partial charge in [-0.2, -0.15) is 0 Å². The number of rotatable bonds is 6. The smallest absolute Gasteiger partial charge is 0.289 e. The van der Waals surface area contributed by atoms with E-state index in [4.69, 9.17) is 0 Å². The number of carbonyl (C=O) groups excluding carboxylic acids is 1. The van der Waals surface area contributed by atoms with Crippen molar-refractivity contribution in [3.05, 3.63) is 35.9 Å². The number of nitrogens with zero attached hydrogens (tertiary/aromatic N) is 2. The van der Waals surface area contributed by atoms with E-state index in [0.717, 1.165) is 18.7 Å². The van der Waals surface area contributed by atoms with Gasteiger partial charge in [0.2, 0.25) is 5.82 Å². The van der Waals surface area contributed by atoms with Crippen LogP contribution in [0.5, 0.6) is 0 Å². The maximum absolute atomic E-state index is 12.4. The summed E-state index contributed by atoms with van der Waals surface area (Å²) < 4.78 is 24.8. The summed E-state index contributed by atoms with van der Waals surface area (Å²) in [5.41, 5.74) is -0.449. The first-order valence-corrected chi connectivity index (χ1v) is 6.10. The first kappa shape index (κ1) is 15.2. The largest absolute Gasteiger partial charge is 0.346 e. The molecule has 1 amide bonds. The molecule has 1 heterocycles. The second-order valence-corrected chi connectivity index (χ2v) is 4.13. The number of aromatic nitrogens is 2. The van der Waals surface area contributed by atoms with Crippen LogP contribution in [0.2, 0.25) is 0 Å². The minimum atomic E-state index is -2.71. The van der Waals surface area contributed by atoms with Crippen LogP contribution < -0.4 is 5.32 Å². The van der Waals surface area contributed by atoms with Gasteiger partial charge in [-0.15, -0.1) is 0 Å². The van der Waals surface area contributed by atoms with Crippen LogP contribution in [-0.4, -0.2) is 22.4 Å². The molecule has 0 bridgehead atoms. The zero-order valence-corrected chi connectivity index (χ0v) is 10.9. The molecular weight excluding hydrogens is 252 g/mol. The van der Waals surface area contributed by atoms with Crippen molar-refractivity contribution in [3.8, 4) is 0 Å². The van der Waals surface area contributed by atoms with Crippen molar-refractivity contribution in [3.63, 3.8) is 0 Å². The number of carbonyl (C=O) groups is 1. The first-order valence-electron chi connectivity index (χ1n) is 6.10. The molecule has 0 saturated carbocycles. The van der Waals surface area contributed by atoms with Crippen LogP contribution in [0.15, 0.2) is 24.4 Å². The average Bonchev–Trinajstić information content (AvgIpc) is 2.43. The Morgan fingerprint density at radius 2 is 2.26 bits per heavy atom. The van der Waals surface area contributed by atoms with Crippen LogP contribution in [0.1, 0.15) is 43.0 Å². The SMILES string of the molecule is CCC(C)/C=C/CNC(=O)c1nccc(C(F)F)n1. The molecule has 1 atom stereocenters. The number of amides is 1. The fourth-order valence-electron chi connectivity index (χ4n) is 1.27. The third kappa shape index (κ3) is 5.11. The van der Waals surface area contributed by atoms with Gasteiger partial charge in [0.25, 0.3) is 12.3 Å². The number of hydrogen-bond donors (Lipinski definition) is 1. The highest BCUT2D eigenvalue weighted by Gasteiger charge is 2.13. The quantitative estimate of drug-likeness (QED) is 0.808. The summed E-state index contributed by atoms with van der Waals surface area (Å²) >= 11 is 0. The maximum atomic E-state index is 12.4. The summed E-state index contributed by atoms with van der Waals surface area (Å²) in [5, 5.41) is 2.55. The second kappa shape index (κ2) is 7.56. The van der Waals surface area contributed by atoms with Gasteiger partial charge in [0.1, 0.15) is 5.69 Å². The lowest BCUT2D eigenvalue weighted by Gasteiger charge is -2.04. The van der Waals surface area contributed by atoms with E-state index < -0.39 is 18.0 Å². The van der Waals surface area contributed by atoms with E-state index >= 15 is 0 Å². The van der Waals surface area contributed by atoms with E-state index in [9.17, 15) is 13.6 Å². The lowest BCUT2D eigenvalue weighted by Crippen LogP contribution is -2.25. The maximum Gasteiger partial charge on any atom is 0.289 e. The molecule has 1 aromatic heterocycles. The summed E-state index contributed by atoms with van der Waals surface area (Å²) in [7, 11) is 0. The van der Waals surface area contributed by atoms with Crippen LogP contribution in [0.25, 0.3) is 0 Å². The molecule has 1 N–H and O–H groups in total. The van der Waals surface area contributed by atoms with Crippen LogP contribution in [0.3, 0.4) is 0 Å². The standard InChI is InChI=1S/C13H17F2N3O/c1-3-9(2)5-4-7-17-13(19)12-16-8-6-10(18-12)11(14)15/h4-6,8-9,11H,3,7H2,1-2H3,(H,17,19)/b5-4+. The highest BCUT2D eigenvalue weighted by molar-refractivity contribution is 5.90. The van der Waals surface area contributed by atoms with Crippen molar-refractivity contribution >= 4 is 5.91 Å². The van der Waals surface area contributed by atoms with Gasteiger partial charge in [-0.25, -0.2) is 18.7 Å². The molecule has 104 valence electrons. The van der Waals surface area contributed by atoms with E-state index in [1.807, 2.05) is 12.2 Å². The van der Waals surface area contributed by atoms with E-state index in [1.165, 1.54) is 0 Å². The van der Waals surface area contributed by atoms with Gasteiger partial charge in [-0.3, -0.25) is 4.79 Å². The molecule has 19 heavy (non-hydrogen) atoms. The summed E-state index contributed by atoms with van der Waals surface area (Å²) in [6, 6.07) is 1.09. The normalized spacial score (nSPS) is 12.9. The molecule has 4 nitrogen and oxygen atoms in total. The van der Waals surface area contributed by atoms with Crippen LogP contribution in [0.4, 0.5) is 8.78 Å². The third-order valence-electron chi connectivity index (χ3n) is 2.59. The number of nitrogens with one attached hydrogen (secondary N) is 1. The first-order chi connectivity index (χ1) is 9.04. The lowest BCUT2D eigenvalue weighted by atomic mass is 10.1. The molecule has 0 radical (unpaired) electrons. The molecule has 1 aromatic rings. The predicted octanol–water partition coefficient (Wildman–Crippen LogP) is 2.75. The summed E-state index contributed by atoms with van der Waals surface area (Å²) in [6.07, 6.45) is 3.27. The van der Waals surface area contributed by atoms with Crippen molar-refractivity contribution in [2.75, 3.05) is 6.54 Å². The fourth-order valence-corrected chi connectivity index (χ4v) is 1.27. The Morgan fingerprint density at radius 1 is 1.53 bits per heavy atom. The monoisotopic (exact) mass is 269 g/mol. The molecule has 0 aromatic carbocycles. The molecule has 6 heteroatoms. The van der Waals surface area contributed by atoms with Gasteiger partial charge in [-0.1, -0.05) is 32.4 Å². The zero-order chi connectivity index (χ0) is 14.3. The Balaban J connectivity index is 2.54. The Hall–Kier alpha value is -1.85. The molecule has 0 aliphatic heterocycles. The van der Waals surface area contributed by atoms with Crippen molar-refractivity contribution in [2.24, 2.45) is 5.92 Å². The molecule has 0 aliphatic rings. The number of alkyl halides is 2. The number of hydrogen-bond acceptors (Lipinski definition) is 3. The van der Waals surface area contributed by atoms with Gasteiger partial charge in [0.05, 0.1) is 0 Å². The Morgan fingerprint density at radius 3 is 2.89 bits per heavy atom. The van der Waals surface area contributed by atoms with E-state index in [-0.39, 0.29) is 5.82 Å². The van der Waals surface area contributed by atoms with Gasteiger partial charge < -0.3 is 5.32 Å². The van der Waals surface area contributed by atoms with Crippen LogP contribution in [-0.2, 0) is 0 Å². The van der Waals surface area contributed by atoms with E-state index in [0.29, 0.717) is 12.5 Å². The van der Waals surface area contributed by atoms with Gasteiger partial charge in [-0.05, 0) is 12.0 Å². The molecule has 0 fully saturated rings. The second-order valence-electron chi connectivity index (χ2n) is 4.13. The van der Waals surface area contributed by atoms with Crippen LogP contribution >= 0.6 is 0 Å². The van der Waals surface area contributed by atoms with Crippen molar-refractivity contribution < 1.29 is 13.6 Å². The highest BCUT2D eigenvalue weighted by Crippen LogP contribution is 2.14. The highest BCUT2D eigenvalue weighted by atomic mass is 19.3. The van der Waals surface area contributed by atoms with E-state index in [2.05, 4.69) is 29.1 Å². The van der Waals surface area contributed by atoms with Crippen molar-refractivity contribution in [1.29, 1.82) is 0 Å².